The van der Waals surface area contributed by atoms with Gasteiger partial charge in [-0.2, -0.15) is 0 Å². The number of benzene rings is 3. The van der Waals surface area contributed by atoms with Gasteiger partial charge in [-0.3, -0.25) is 9.69 Å². The Balaban J connectivity index is 1.37. The maximum Gasteiger partial charge on any atom is 0.254 e. The fourth-order valence-electron chi connectivity index (χ4n) is 3.51. The van der Waals surface area contributed by atoms with Crippen molar-refractivity contribution in [2.75, 3.05) is 26.2 Å². The lowest BCUT2D eigenvalue weighted by molar-refractivity contribution is 0.0628. The predicted octanol–water partition coefficient (Wildman–Crippen LogP) is 3.94. The summed E-state index contributed by atoms with van der Waals surface area (Å²) in [5.74, 6) is -0.458. The van der Waals surface area contributed by atoms with Crippen LogP contribution in [0, 0.1) is 5.82 Å². The van der Waals surface area contributed by atoms with Crippen LogP contribution in [-0.2, 0) is 6.54 Å². The van der Waals surface area contributed by atoms with Crippen molar-refractivity contribution >= 4 is 16.7 Å². The lowest BCUT2D eigenvalue weighted by atomic mass is 10.1. The van der Waals surface area contributed by atoms with E-state index in [2.05, 4.69) is 47.4 Å². The number of rotatable bonds is 3. The Morgan fingerprint density at radius 3 is 2.38 bits per heavy atom. The van der Waals surface area contributed by atoms with Gasteiger partial charge in [0.2, 0.25) is 0 Å². The van der Waals surface area contributed by atoms with E-state index < -0.39 is 0 Å². The summed E-state index contributed by atoms with van der Waals surface area (Å²) in [7, 11) is 0. The van der Waals surface area contributed by atoms with Gasteiger partial charge in [0.1, 0.15) is 5.82 Å². The summed E-state index contributed by atoms with van der Waals surface area (Å²) in [5.41, 5.74) is 1.71. The van der Waals surface area contributed by atoms with E-state index >= 15 is 0 Å². The maximum absolute atomic E-state index is 13.3. The number of carbonyl (C=O) groups is 1. The molecule has 0 aliphatic carbocycles. The van der Waals surface area contributed by atoms with Gasteiger partial charge in [-0.15, -0.1) is 0 Å². The zero-order chi connectivity index (χ0) is 17.9. The average Bonchev–Trinajstić information content (AvgIpc) is 2.68. The number of fused-ring (bicyclic) bond motifs is 1. The molecule has 0 atom stereocenters. The topological polar surface area (TPSA) is 23.6 Å². The summed E-state index contributed by atoms with van der Waals surface area (Å²) in [5, 5.41) is 2.51. The SMILES string of the molecule is O=C(c1cccc(F)c1)N1CCN(Cc2ccc3ccccc3c2)CC1. The number of halogens is 1. The molecule has 0 N–H and O–H groups in total. The van der Waals surface area contributed by atoms with Crippen LogP contribution in [0.25, 0.3) is 10.8 Å². The highest BCUT2D eigenvalue weighted by molar-refractivity contribution is 5.94. The molecule has 1 heterocycles. The molecule has 132 valence electrons. The van der Waals surface area contributed by atoms with Crippen molar-refractivity contribution in [1.29, 1.82) is 0 Å². The van der Waals surface area contributed by atoms with Crippen molar-refractivity contribution in [1.82, 2.24) is 9.80 Å². The molecule has 0 radical (unpaired) electrons. The van der Waals surface area contributed by atoms with E-state index in [1.807, 2.05) is 4.90 Å². The minimum absolute atomic E-state index is 0.0881. The van der Waals surface area contributed by atoms with E-state index in [1.54, 1.807) is 12.1 Å². The molecule has 3 nitrogen and oxygen atoms in total. The minimum Gasteiger partial charge on any atom is -0.336 e. The number of carbonyl (C=O) groups excluding carboxylic acids is 1. The van der Waals surface area contributed by atoms with E-state index in [4.69, 9.17) is 0 Å². The minimum atomic E-state index is -0.370. The van der Waals surface area contributed by atoms with Crippen molar-refractivity contribution < 1.29 is 9.18 Å². The third-order valence-corrected chi connectivity index (χ3v) is 4.95. The second kappa shape index (κ2) is 7.26. The Morgan fingerprint density at radius 2 is 1.62 bits per heavy atom. The van der Waals surface area contributed by atoms with Crippen LogP contribution in [0.2, 0.25) is 0 Å². The summed E-state index contributed by atoms with van der Waals surface area (Å²) in [6.45, 7) is 3.88. The van der Waals surface area contributed by atoms with Gasteiger partial charge in [0.25, 0.3) is 5.91 Å². The van der Waals surface area contributed by atoms with E-state index in [0.29, 0.717) is 18.7 Å². The Morgan fingerprint density at radius 1 is 0.846 bits per heavy atom. The summed E-state index contributed by atoms with van der Waals surface area (Å²) in [4.78, 5) is 16.7. The lowest BCUT2D eigenvalue weighted by Gasteiger charge is -2.34. The van der Waals surface area contributed by atoms with Crippen molar-refractivity contribution in [3.8, 4) is 0 Å². The van der Waals surface area contributed by atoms with Crippen molar-refractivity contribution in [3.63, 3.8) is 0 Å². The van der Waals surface area contributed by atoms with Gasteiger partial charge in [0.05, 0.1) is 0 Å². The summed E-state index contributed by atoms with van der Waals surface area (Å²) < 4.78 is 13.3. The first-order chi connectivity index (χ1) is 12.7. The molecule has 1 aliphatic heterocycles. The molecule has 1 amide bonds. The van der Waals surface area contributed by atoms with Crippen LogP contribution in [0.5, 0.6) is 0 Å². The Labute approximate surface area is 152 Å². The molecule has 0 aromatic heterocycles. The Kier molecular flexibility index (Phi) is 4.67. The van der Waals surface area contributed by atoms with Gasteiger partial charge < -0.3 is 4.90 Å². The second-order valence-corrected chi connectivity index (χ2v) is 6.76. The van der Waals surface area contributed by atoms with Gasteiger partial charge in [-0.05, 0) is 40.6 Å². The van der Waals surface area contributed by atoms with Crippen molar-refractivity contribution in [3.05, 3.63) is 83.7 Å². The van der Waals surface area contributed by atoms with Crippen LogP contribution in [-0.4, -0.2) is 41.9 Å². The number of amides is 1. The normalized spacial score (nSPS) is 15.3. The molecular weight excluding hydrogens is 327 g/mol. The zero-order valence-electron chi connectivity index (χ0n) is 14.6. The van der Waals surface area contributed by atoms with Gasteiger partial charge in [0, 0.05) is 38.3 Å². The molecule has 4 rings (SSSR count). The number of hydrogen-bond acceptors (Lipinski definition) is 2. The van der Waals surface area contributed by atoms with E-state index in [1.165, 1.54) is 28.5 Å². The van der Waals surface area contributed by atoms with Gasteiger partial charge >= 0.3 is 0 Å². The molecule has 1 saturated heterocycles. The summed E-state index contributed by atoms with van der Waals surface area (Å²) >= 11 is 0. The molecule has 3 aromatic rings. The molecular formula is C22H21FN2O. The molecule has 1 aliphatic rings. The third-order valence-electron chi connectivity index (χ3n) is 4.95. The second-order valence-electron chi connectivity index (χ2n) is 6.76. The molecule has 1 fully saturated rings. The first kappa shape index (κ1) is 16.7. The van der Waals surface area contributed by atoms with Crippen LogP contribution in [0.15, 0.2) is 66.7 Å². The quantitative estimate of drug-likeness (QED) is 0.716. The molecule has 4 heteroatoms. The van der Waals surface area contributed by atoms with Crippen LogP contribution in [0.1, 0.15) is 15.9 Å². The van der Waals surface area contributed by atoms with Crippen LogP contribution < -0.4 is 0 Å². The van der Waals surface area contributed by atoms with Crippen LogP contribution >= 0.6 is 0 Å². The maximum atomic E-state index is 13.3. The largest absolute Gasteiger partial charge is 0.336 e. The predicted molar refractivity (Wildman–Crippen MR) is 102 cm³/mol. The highest BCUT2D eigenvalue weighted by Crippen LogP contribution is 2.18. The molecule has 0 spiro atoms. The van der Waals surface area contributed by atoms with Crippen LogP contribution in [0.3, 0.4) is 0 Å². The Bertz CT molecular complexity index is 932. The Hall–Kier alpha value is -2.72. The summed E-state index contributed by atoms with van der Waals surface area (Å²) in [6, 6.07) is 20.9. The highest BCUT2D eigenvalue weighted by Gasteiger charge is 2.22. The monoisotopic (exact) mass is 348 g/mol. The van der Waals surface area contributed by atoms with Crippen molar-refractivity contribution in [2.45, 2.75) is 6.54 Å². The lowest BCUT2D eigenvalue weighted by Crippen LogP contribution is -2.48. The fraction of sp³-hybridized carbons (Fsp3) is 0.227. The molecule has 0 saturated carbocycles. The van der Waals surface area contributed by atoms with Crippen LogP contribution in [0.4, 0.5) is 4.39 Å². The molecule has 26 heavy (non-hydrogen) atoms. The van der Waals surface area contributed by atoms with Crippen molar-refractivity contribution in [2.24, 2.45) is 0 Å². The van der Waals surface area contributed by atoms with Gasteiger partial charge in [-0.25, -0.2) is 4.39 Å². The third kappa shape index (κ3) is 3.60. The molecule has 0 unspecified atom stereocenters. The average molecular weight is 348 g/mol. The van der Waals surface area contributed by atoms with E-state index in [-0.39, 0.29) is 11.7 Å². The number of hydrogen-bond donors (Lipinski definition) is 0. The molecule has 3 aromatic carbocycles. The smallest absolute Gasteiger partial charge is 0.254 e. The first-order valence-electron chi connectivity index (χ1n) is 8.94. The number of nitrogens with zero attached hydrogens (tertiary/aromatic N) is 2. The van der Waals surface area contributed by atoms with Gasteiger partial charge in [-0.1, -0.05) is 42.5 Å². The van der Waals surface area contributed by atoms with E-state index in [0.717, 1.165) is 19.6 Å². The highest BCUT2D eigenvalue weighted by atomic mass is 19.1. The number of piperazine rings is 1. The van der Waals surface area contributed by atoms with Gasteiger partial charge in [0.15, 0.2) is 0 Å². The molecule has 0 bridgehead atoms. The zero-order valence-corrected chi connectivity index (χ0v) is 14.6. The van der Waals surface area contributed by atoms with E-state index in [9.17, 15) is 9.18 Å². The standard InChI is InChI=1S/C22H21FN2O/c23-21-7-3-6-20(15-21)22(26)25-12-10-24(11-13-25)16-17-8-9-18-4-1-2-5-19(18)14-17/h1-9,14-15H,10-13,16H2. The first-order valence-corrected chi connectivity index (χ1v) is 8.94. The fourth-order valence-corrected chi connectivity index (χ4v) is 3.51. The summed E-state index contributed by atoms with van der Waals surface area (Å²) in [6.07, 6.45) is 0.